The topological polar surface area (TPSA) is 17.8 Å². The van der Waals surface area contributed by atoms with Gasteiger partial charge in [0.15, 0.2) is 0 Å². The van der Waals surface area contributed by atoms with Crippen LogP contribution in [0.5, 0.6) is 0 Å². The van der Waals surface area contributed by atoms with Gasteiger partial charge in [0.25, 0.3) is 0 Å². The first-order valence-corrected chi connectivity index (χ1v) is 8.65. The number of imidazole rings is 1. The average molecular weight is 449 g/mol. The van der Waals surface area contributed by atoms with Gasteiger partial charge in [0.1, 0.15) is 5.82 Å². The number of alkyl halides is 1. The summed E-state index contributed by atoms with van der Waals surface area (Å²) < 4.78 is 3.85. The Morgan fingerprint density at radius 3 is 2.67 bits per heavy atom. The van der Waals surface area contributed by atoms with Gasteiger partial charge in [-0.05, 0) is 53.2 Å². The van der Waals surface area contributed by atoms with Crippen LogP contribution in [0.15, 0.2) is 45.3 Å². The molecule has 108 valence electrons. The van der Waals surface area contributed by atoms with E-state index in [1.807, 2.05) is 47.9 Å². The molecule has 1 unspecified atom stereocenters. The highest BCUT2D eigenvalue weighted by molar-refractivity contribution is 9.11. The summed E-state index contributed by atoms with van der Waals surface area (Å²) in [4.78, 5) is 4.66. The van der Waals surface area contributed by atoms with Crippen molar-refractivity contribution in [2.24, 2.45) is 0 Å². The van der Waals surface area contributed by atoms with Crippen molar-refractivity contribution >= 4 is 66.1 Å². The van der Waals surface area contributed by atoms with Crippen molar-refractivity contribution in [1.29, 1.82) is 0 Å². The highest BCUT2D eigenvalue weighted by Gasteiger charge is 2.18. The molecule has 2 aromatic carbocycles. The zero-order valence-corrected chi connectivity index (χ0v) is 15.6. The minimum Gasteiger partial charge on any atom is -0.294 e. The van der Waals surface area contributed by atoms with Crippen LogP contribution in [-0.2, 0) is 0 Å². The summed E-state index contributed by atoms with van der Waals surface area (Å²) in [6.07, 6.45) is 0. The number of rotatable bonds is 2. The molecule has 0 saturated carbocycles. The number of fused-ring (bicyclic) bond motifs is 1. The lowest BCUT2D eigenvalue weighted by atomic mass is 10.2. The predicted octanol–water partition coefficient (Wildman–Crippen LogP) is 6.50. The van der Waals surface area contributed by atoms with E-state index in [9.17, 15) is 0 Å². The molecule has 0 spiro atoms. The van der Waals surface area contributed by atoms with E-state index in [4.69, 9.17) is 23.2 Å². The smallest absolute Gasteiger partial charge is 0.132 e. The van der Waals surface area contributed by atoms with E-state index in [1.54, 1.807) is 0 Å². The van der Waals surface area contributed by atoms with Gasteiger partial charge in [-0.2, -0.15) is 0 Å². The molecule has 6 heteroatoms. The third kappa shape index (κ3) is 2.74. The molecule has 0 fully saturated rings. The first-order valence-electron chi connectivity index (χ1n) is 6.25. The molecule has 1 atom stereocenters. The van der Waals surface area contributed by atoms with Gasteiger partial charge in [0.05, 0.1) is 31.6 Å². The van der Waals surface area contributed by atoms with Crippen molar-refractivity contribution < 1.29 is 0 Å². The van der Waals surface area contributed by atoms with Gasteiger partial charge in [-0.1, -0.05) is 33.6 Å². The lowest BCUT2D eigenvalue weighted by Crippen LogP contribution is -2.02. The van der Waals surface area contributed by atoms with E-state index in [0.29, 0.717) is 5.02 Å². The van der Waals surface area contributed by atoms with Crippen LogP contribution < -0.4 is 0 Å². The second kappa shape index (κ2) is 5.92. The summed E-state index contributed by atoms with van der Waals surface area (Å²) >= 11 is 19.6. The number of halogens is 4. The van der Waals surface area contributed by atoms with Crippen molar-refractivity contribution in [3.05, 3.63) is 56.2 Å². The molecule has 0 bridgehead atoms. The van der Waals surface area contributed by atoms with Crippen LogP contribution in [0.3, 0.4) is 0 Å². The number of aromatic nitrogens is 2. The molecule has 0 N–H and O–H groups in total. The summed E-state index contributed by atoms with van der Waals surface area (Å²) in [7, 11) is 0. The summed E-state index contributed by atoms with van der Waals surface area (Å²) in [5.74, 6) is 0.785. The molecule has 3 aromatic rings. The Kier molecular flexibility index (Phi) is 4.33. The zero-order chi connectivity index (χ0) is 15.1. The first kappa shape index (κ1) is 15.3. The summed E-state index contributed by atoms with van der Waals surface area (Å²) in [5.41, 5.74) is 2.80. The quantitative estimate of drug-likeness (QED) is 0.409. The van der Waals surface area contributed by atoms with Gasteiger partial charge in [0.2, 0.25) is 0 Å². The van der Waals surface area contributed by atoms with Gasteiger partial charge in [-0.15, -0.1) is 11.6 Å². The third-order valence-electron chi connectivity index (χ3n) is 3.17. The van der Waals surface area contributed by atoms with E-state index in [2.05, 4.69) is 36.8 Å². The Hall–Kier alpha value is -0.550. The highest BCUT2D eigenvalue weighted by atomic mass is 79.9. The second-order valence-electron chi connectivity index (χ2n) is 4.63. The molecule has 2 nitrogen and oxygen atoms in total. The molecule has 0 radical (unpaired) electrons. The summed E-state index contributed by atoms with van der Waals surface area (Å²) in [5, 5.41) is 0.432. The minimum atomic E-state index is -0.220. The maximum atomic E-state index is 6.32. The van der Waals surface area contributed by atoms with Crippen molar-refractivity contribution in [3.8, 4) is 5.69 Å². The summed E-state index contributed by atoms with van der Waals surface area (Å²) in [6.45, 7) is 1.91. The largest absolute Gasteiger partial charge is 0.294 e. The van der Waals surface area contributed by atoms with Crippen molar-refractivity contribution in [2.45, 2.75) is 12.3 Å². The van der Waals surface area contributed by atoms with Crippen LogP contribution in [0.4, 0.5) is 0 Å². The zero-order valence-electron chi connectivity index (χ0n) is 10.9. The Morgan fingerprint density at radius 1 is 1.19 bits per heavy atom. The molecule has 0 aliphatic heterocycles. The fourth-order valence-electron chi connectivity index (χ4n) is 2.26. The van der Waals surface area contributed by atoms with Gasteiger partial charge in [0, 0.05) is 4.47 Å². The minimum absolute atomic E-state index is 0.220. The van der Waals surface area contributed by atoms with Gasteiger partial charge < -0.3 is 0 Å². The normalized spacial score (nSPS) is 12.8. The van der Waals surface area contributed by atoms with Crippen LogP contribution in [0, 0.1) is 0 Å². The van der Waals surface area contributed by atoms with E-state index in [0.717, 1.165) is 31.5 Å². The molecule has 1 heterocycles. The molecular formula is C15H10Br2Cl2N2. The van der Waals surface area contributed by atoms with E-state index in [-0.39, 0.29) is 5.38 Å². The van der Waals surface area contributed by atoms with Crippen LogP contribution >= 0.6 is 55.1 Å². The molecule has 0 amide bonds. The molecule has 0 saturated heterocycles. The molecular weight excluding hydrogens is 439 g/mol. The number of nitrogens with zero attached hydrogens (tertiary/aromatic N) is 2. The van der Waals surface area contributed by atoms with Crippen molar-refractivity contribution in [3.63, 3.8) is 0 Å². The predicted molar refractivity (Wildman–Crippen MR) is 95.7 cm³/mol. The number of benzene rings is 2. The fourth-order valence-corrected chi connectivity index (χ4v) is 3.36. The Morgan fingerprint density at radius 2 is 1.95 bits per heavy atom. The highest BCUT2D eigenvalue weighted by Crippen LogP contribution is 2.35. The van der Waals surface area contributed by atoms with Crippen LogP contribution in [-0.4, -0.2) is 9.55 Å². The monoisotopic (exact) mass is 446 g/mol. The maximum Gasteiger partial charge on any atom is 0.132 e. The first-order chi connectivity index (χ1) is 9.99. The van der Waals surface area contributed by atoms with Crippen LogP contribution in [0.25, 0.3) is 16.7 Å². The van der Waals surface area contributed by atoms with Crippen LogP contribution in [0.1, 0.15) is 18.1 Å². The average Bonchev–Trinajstić information content (AvgIpc) is 2.80. The lowest BCUT2D eigenvalue weighted by Gasteiger charge is -2.13. The van der Waals surface area contributed by atoms with E-state index >= 15 is 0 Å². The lowest BCUT2D eigenvalue weighted by molar-refractivity contribution is 0.880. The van der Waals surface area contributed by atoms with Crippen molar-refractivity contribution in [1.82, 2.24) is 9.55 Å². The van der Waals surface area contributed by atoms with Gasteiger partial charge >= 0.3 is 0 Å². The standard InChI is InChI=1S/C15H10Br2Cl2N2/c1-8(18)15-20-11-7-9(16)5-6-12(11)21(15)13-4-2-3-10(19)14(13)17/h2-8H,1H3. The molecule has 0 aliphatic rings. The second-order valence-corrected chi connectivity index (χ2v) is 7.40. The third-order valence-corrected chi connectivity index (χ3v) is 5.24. The molecule has 0 aliphatic carbocycles. The van der Waals surface area contributed by atoms with Crippen LogP contribution in [0.2, 0.25) is 5.02 Å². The Balaban J connectivity index is 2.39. The van der Waals surface area contributed by atoms with E-state index in [1.165, 1.54) is 0 Å². The van der Waals surface area contributed by atoms with Gasteiger partial charge in [-0.25, -0.2) is 4.98 Å². The molecule has 1 aromatic heterocycles. The van der Waals surface area contributed by atoms with Gasteiger partial charge in [-0.3, -0.25) is 4.57 Å². The maximum absolute atomic E-state index is 6.32. The number of hydrogen-bond donors (Lipinski definition) is 0. The Bertz CT molecular complexity index is 828. The SMILES string of the molecule is CC(Cl)c1nc2cc(Br)ccc2n1-c1cccc(Cl)c1Br. The number of hydrogen-bond acceptors (Lipinski definition) is 1. The fraction of sp³-hybridized carbons (Fsp3) is 0.133. The molecule has 21 heavy (non-hydrogen) atoms. The Labute approximate surface area is 149 Å². The van der Waals surface area contributed by atoms with E-state index < -0.39 is 0 Å². The summed E-state index contributed by atoms with van der Waals surface area (Å²) in [6, 6.07) is 11.7. The molecule has 3 rings (SSSR count). The van der Waals surface area contributed by atoms with Crippen molar-refractivity contribution in [2.75, 3.05) is 0 Å².